The van der Waals surface area contributed by atoms with E-state index in [4.69, 9.17) is 0 Å². The van der Waals surface area contributed by atoms with Gasteiger partial charge in [0.15, 0.2) is 0 Å². The third kappa shape index (κ3) is 3.17. The summed E-state index contributed by atoms with van der Waals surface area (Å²) in [6.07, 6.45) is 7.43. The maximum Gasteiger partial charge on any atom is 0.0709 e. The lowest BCUT2D eigenvalue weighted by molar-refractivity contribution is -0.138. The summed E-state index contributed by atoms with van der Waals surface area (Å²) < 4.78 is 0. The topological polar surface area (TPSA) is 20.2 Å². The van der Waals surface area contributed by atoms with Gasteiger partial charge in [-0.25, -0.2) is 0 Å². The van der Waals surface area contributed by atoms with Crippen LogP contribution < -0.4 is 0 Å². The number of aliphatic hydroxyl groups is 1. The highest BCUT2D eigenvalue weighted by Crippen LogP contribution is 2.50. The standard InChI is InChI=1S/C18H34O/c1-12(2)17-7-6-13(3)11-18(17,19)16-9-14(4)8-15(5)10-16/h12-17,19H,6-11H2,1-5H3. The van der Waals surface area contributed by atoms with E-state index in [1.807, 2.05) is 0 Å². The van der Waals surface area contributed by atoms with Gasteiger partial charge in [-0.1, -0.05) is 41.0 Å². The van der Waals surface area contributed by atoms with Crippen LogP contribution in [-0.2, 0) is 0 Å². The zero-order valence-electron chi connectivity index (χ0n) is 13.7. The first-order chi connectivity index (χ1) is 8.83. The highest BCUT2D eigenvalue weighted by molar-refractivity contribution is 5.00. The Morgan fingerprint density at radius 2 is 1.47 bits per heavy atom. The molecule has 2 fully saturated rings. The quantitative estimate of drug-likeness (QED) is 0.755. The van der Waals surface area contributed by atoms with Crippen LogP contribution in [0.4, 0.5) is 0 Å². The van der Waals surface area contributed by atoms with E-state index in [-0.39, 0.29) is 5.60 Å². The van der Waals surface area contributed by atoms with Gasteiger partial charge in [0.2, 0.25) is 0 Å². The van der Waals surface area contributed by atoms with Gasteiger partial charge in [-0.3, -0.25) is 0 Å². The van der Waals surface area contributed by atoms with Crippen molar-refractivity contribution in [2.45, 2.75) is 78.7 Å². The van der Waals surface area contributed by atoms with Crippen molar-refractivity contribution in [3.63, 3.8) is 0 Å². The molecule has 1 N–H and O–H groups in total. The fourth-order valence-corrected chi connectivity index (χ4v) is 5.26. The molecule has 112 valence electrons. The Morgan fingerprint density at radius 1 is 0.895 bits per heavy atom. The molecule has 2 aliphatic rings. The van der Waals surface area contributed by atoms with Gasteiger partial charge < -0.3 is 5.11 Å². The van der Waals surface area contributed by atoms with Gasteiger partial charge in [-0.05, 0) is 67.6 Å². The third-order valence-corrected chi connectivity index (χ3v) is 5.98. The molecule has 0 aromatic carbocycles. The number of hydrogen-bond donors (Lipinski definition) is 1. The van der Waals surface area contributed by atoms with E-state index in [0.717, 1.165) is 18.3 Å². The largest absolute Gasteiger partial charge is 0.389 e. The first kappa shape index (κ1) is 15.4. The van der Waals surface area contributed by atoms with E-state index in [0.29, 0.717) is 23.7 Å². The third-order valence-electron chi connectivity index (χ3n) is 5.98. The lowest BCUT2D eigenvalue weighted by atomic mass is 9.57. The molecular formula is C18H34O. The Morgan fingerprint density at radius 3 is 2.00 bits per heavy atom. The molecular weight excluding hydrogens is 232 g/mol. The molecule has 0 radical (unpaired) electrons. The molecule has 1 heteroatoms. The van der Waals surface area contributed by atoms with Crippen molar-refractivity contribution in [3.8, 4) is 0 Å². The lowest BCUT2D eigenvalue weighted by Gasteiger charge is -2.52. The second kappa shape index (κ2) is 5.76. The van der Waals surface area contributed by atoms with Gasteiger partial charge in [0.25, 0.3) is 0 Å². The summed E-state index contributed by atoms with van der Waals surface area (Å²) in [4.78, 5) is 0. The second-order valence-corrected chi connectivity index (χ2v) is 8.34. The maximum absolute atomic E-state index is 11.5. The van der Waals surface area contributed by atoms with E-state index in [1.165, 1.54) is 32.1 Å². The van der Waals surface area contributed by atoms with Gasteiger partial charge in [0.1, 0.15) is 0 Å². The van der Waals surface area contributed by atoms with Crippen LogP contribution >= 0.6 is 0 Å². The van der Waals surface area contributed by atoms with E-state index < -0.39 is 0 Å². The Balaban J connectivity index is 2.20. The average molecular weight is 266 g/mol. The molecule has 1 nitrogen and oxygen atoms in total. The van der Waals surface area contributed by atoms with E-state index in [9.17, 15) is 5.11 Å². The van der Waals surface area contributed by atoms with Crippen molar-refractivity contribution in [1.82, 2.24) is 0 Å². The molecule has 0 spiro atoms. The predicted octanol–water partition coefficient (Wildman–Crippen LogP) is 4.88. The average Bonchev–Trinajstić information content (AvgIpc) is 2.26. The Labute approximate surface area is 120 Å². The van der Waals surface area contributed by atoms with Gasteiger partial charge in [-0.15, -0.1) is 0 Å². The van der Waals surface area contributed by atoms with E-state index in [2.05, 4.69) is 34.6 Å². The summed E-state index contributed by atoms with van der Waals surface area (Å²) in [5, 5.41) is 11.5. The van der Waals surface area contributed by atoms with Crippen LogP contribution in [0.2, 0.25) is 0 Å². The van der Waals surface area contributed by atoms with Crippen LogP contribution in [0.15, 0.2) is 0 Å². The van der Waals surface area contributed by atoms with Crippen LogP contribution in [0.25, 0.3) is 0 Å². The lowest BCUT2D eigenvalue weighted by Crippen LogP contribution is -2.52. The minimum atomic E-state index is -0.380. The molecule has 0 saturated heterocycles. The Kier molecular flexibility index (Phi) is 4.65. The van der Waals surface area contributed by atoms with Crippen LogP contribution in [0, 0.1) is 35.5 Å². The summed E-state index contributed by atoms with van der Waals surface area (Å²) in [5.74, 6) is 3.97. The SMILES string of the molecule is CC1CC(C)CC(C2(O)CC(C)CCC2C(C)C)C1. The summed E-state index contributed by atoms with van der Waals surface area (Å²) >= 11 is 0. The Bertz CT molecular complexity index is 288. The van der Waals surface area contributed by atoms with Crippen LogP contribution in [0.5, 0.6) is 0 Å². The van der Waals surface area contributed by atoms with Crippen LogP contribution in [0.1, 0.15) is 73.1 Å². The second-order valence-electron chi connectivity index (χ2n) is 8.34. The normalized spacial score (nSPS) is 48.5. The molecule has 2 rings (SSSR count). The highest BCUT2D eigenvalue weighted by atomic mass is 16.3. The molecule has 5 unspecified atom stereocenters. The van der Waals surface area contributed by atoms with Gasteiger partial charge in [0.05, 0.1) is 5.60 Å². The summed E-state index contributed by atoms with van der Waals surface area (Å²) in [7, 11) is 0. The van der Waals surface area contributed by atoms with Gasteiger partial charge in [0, 0.05) is 0 Å². The predicted molar refractivity (Wildman–Crippen MR) is 82.0 cm³/mol. The number of rotatable bonds is 2. The minimum Gasteiger partial charge on any atom is -0.389 e. The van der Waals surface area contributed by atoms with Gasteiger partial charge in [-0.2, -0.15) is 0 Å². The first-order valence-electron chi connectivity index (χ1n) is 8.55. The molecule has 0 aromatic heterocycles. The first-order valence-corrected chi connectivity index (χ1v) is 8.55. The molecule has 5 atom stereocenters. The fourth-order valence-electron chi connectivity index (χ4n) is 5.26. The molecule has 2 aliphatic carbocycles. The van der Waals surface area contributed by atoms with Crippen LogP contribution in [-0.4, -0.2) is 10.7 Å². The molecule has 0 bridgehead atoms. The van der Waals surface area contributed by atoms with Crippen molar-refractivity contribution < 1.29 is 5.11 Å². The summed E-state index contributed by atoms with van der Waals surface area (Å²) in [5.41, 5.74) is -0.380. The van der Waals surface area contributed by atoms with E-state index >= 15 is 0 Å². The highest BCUT2D eigenvalue weighted by Gasteiger charge is 2.49. The molecule has 0 aromatic rings. The molecule has 0 amide bonds. The van der Waals surface area contributed by atoms with E-state index in [1.54, 1.807) is 0 Å². The van der Waals surface area contributed by atoms with Crippen molar-refractivity contribution in [3.05, 3.63) is 0 Å². The molecule has 2 saturated carbocycles. The summed E-state index contributed by atoms with van der Waals surface area (Å²) in [6.45, 7) is 11.7. The van der Waals surface area contributed by atoms with Crippen molar-refractivity contribution in [2.75, 3.05) is 0 Å². The zero-order valence-corrected chi connectivity index (χ0v) is 13.7. The molecule has 19 heavy (non-hydrogen) atoms. The number of hydrogen-bond acceptors (Lipinski definition) is 1. The molecule has 0 heterocycles. The smallest absolute Gasteiger partial charge is 0.0709 e. The van der Waals surface area contributed by atoms with Crippen LogP contribution in [0.3, 0.4) is 0 Å². The minimum absolute atomic E-state index is 0.380. The zero-order chi connectivity index (χ0) is 14.2. The van der Waals surface area contributed by atoms with Crippen molar-refractivity contribution in [2.24, 2.45) is 35.5 Å². The van der Waals surface area contributed by atoms with Crippen molar-refractivity contribution in [1.29, 1.82) is 0 Å². The summed E-state index contributed by atoms with van der Waals surface area (Å²) in [6, 6.07) is 0. The Hall–Kier alpha value is -0.0400. The monoisotopic (exact) mass is 266 g/mol. The fraction of sp³-hybridized carbons (Fsp3) is 1.00. The van der Waals surface area contributed by atoms with Gasteiger partial charge >= 0.3 is 0 Å². The molecule has 0 aliphatic heterocycles. The maximum atomic E-state index is 11.5. The van der Waals surface area contributed by atoms with Crippen molar-refractivity contribution >= 4 is 0 Å².